The molecule has 1 heterocycles. The van der Waals surface area contributed by atoms with E-state index in [0.29, 0.717) is 16.7 Å². The summed E-state index contributed by atoms with van der Waals surface area (Å²) in [6.45, 7) is 0. The zero-order valence-corrected chi connectivity index (χ0v) is 10.9. The van der Waals surface area contributed by atoms with Crippen LogP contribution in [-0.4, -0.2) is 24.3 Å². The van der Waals surface area contributed by atoms with Crippen molar-refractivity contribution in [1.82, 2.24) is 9.55 Å². The second-order valence-corrected chi connectivity index (χ2v) is 5.68. The molecule has 0 aliphatic heterocycles. The summed E-state index contributed by atoms with van der Waals surface area (Å²) >= 11 is 0. The molecule has 0 saturated carbocycles. The molecule has 0 radical (unpaired) electrons. The van der Waals surface area contributed by atoms with Crippen molar-refractivity contribution in [1.29, 1.82) is 0 Å². The molecule has 1 aromatic heterocycles. The summed E-state index contributed by atoms with van der Waals surface area (Å²) in [5.41, 5.74) is -4.15. The molecular weight excluding hydrogens is 312 g/mol. The number of H-pyrrole nitrogens is 1. The van der Waals surface area contributed by atoms with Crippen molar-refractivity contribution in [2.24, 2.45) is 0 Å². The second-order valence-electron chi connectivity index (χ2n) is 4.07. The van der Waals surface area contributed by atoms with Crippen LogP contribution in [0.4, 0.5) is 10.1 Å². The number of aromatic amines is 1. The Bertz CT molecular complexity index is 912. The standard InChI is InChI=1S/C9H7FN3O7P/c10-4-1-7-5(2-6(4)13(16)17)11-8(14)9(15)12(7)3-21(18,19)20/h1-2H,3H2,(H,11,14)(H2,18,19,20). The molecule has 21 heavy (non-hydrogen) atoms. The molecule has 0 unspecified atom stereocenters. The average Bonchev–Trinajstić information content (AvgIpc) is 2.34. The Kier molecular flexibility index (Phi) is 3.49. The highest BCUT2D eigenvalue weighted by atomic mass is 31.2. The third-order valence-corrected chi connectivity index (χ3v) is 3.22. The second kappa shape index (κ2) is 4.88. The highest BCUT2D eigenvalue weighted by Gasteiger charge is 2.22. The third-order valence-electron chi connectivity index (χ3n) is 2.57. The van der Waals surface area contributed by atoms with Gasteiger partial charge in [0.25, 0.3) is 0 Å². The predicted molar refractivity (Wildman–Crippen MR) is 67.5 cm³/mol. The monoisotopic (exact) mass is 319 g/mol. The summed E-state index contributed by atoms with van der Waals surface area (Å²) in [6, 6.07) is 1.22. The minimum absolute atomic E-state index is 0.291. The molecule has 2 aromatic rings. The van der Waals surface area contributed by atoms with Crippen molar-refractivity contribution in [2.45, 2.75) is 6.29 Å². The first-order valence-electron chi connectivity index (χ1n) is 5.25. The van der Waals surface area contributed by atoms with Gasteiger partial charge in [-0.25, -0.2) is 0 Å². The van der Waals surface area contributed by atoms with Crippen LogP contribution in [0.2, 0.25) is 0 Å². The van der Waals surface area contributed by atoms with Gasteiger partial charge in [-0.05, 0) is 0 Å². The van der Waals surface area contributed by atoms with Crippen molar-refractivity contribution < 1.29 is 23.7 Å². The normalized spacial score (nSPS) is 11.8. The summed E-state index contributed by atoms with van der Waals surface area (Å²) in [5.74, 6) is -1.31. The van der Waals surface area contributed by atoms with Crippen LogP contribution in [0, 0.1) is 15.9 Å². The molecule has 0 spiro atoms. The molecule has 1 aromatic carbocycles. The minimum Gasteiger partial charge on any atom is -0.323 e. The number of rotatable bonds is 3. The van der Waals surface area contributed by atoms with E-state index in [-0.39, 0.29) is 11.0 Å². The first-order chi connectivity index (χ1) is 9.60. The fraction of sp³-hybridized carbons (Fsp3) is 0.111. The number of hydrogen-bond donors (Lipinski definition) is 3. The fourth-order valence-electron chi connectivity index (χ4n) is 1.75. The number of hydrogen-bond acceptors (Lipinski definition) is 5. The number of aromatic nitrogens is 2. The average molecular weight is 319 g/mol. The van der Waals surface area contributed by atoms with E-state index >= 15 is 0 Å². The Morgan fingerprint density at radius 2 is 2.00 bits per heavy atom. The highest BCUT2D eigenvalue weighted by Crippen LogP contribution is 2.36. The first kappa shape index (κ1) is 15.0. The lowest BCUT2D eigenvalue weighted by atomic mass is 10.2. The Morgan fingerprint density at radius 1 is 1.38 bits per heavy atom. The van der Waals surface area contributed by atoms with E-state index in [1.165, 1.54) is 0 Å². The SMILES string of the molecule is O=c1[nH]c2cc([N+](=O)[O-])c(F)cc2n(CP(=O)(O)O)c1=O. The van der Waals surface area contributed by atoms with Gasteiger partial charge in [0.1, 0.15) is 6.29 Å². The van der Waals surface area contributed by atoms with Crippen LogP contribution in [-0.2, 0) is 10.9 Å². The van der Waals surface area contributed by atoms with E-state index in [4.69, 9.17) is 9.79 Å². The summed E-state index contributed by atoms with van der Waals surface area (Å²) in [5, 5.41) is 10.6. The van der Waals surface area contributed by atoms with Crippen LogP contribution in [0.3, 0.4) is 0 Å². The predicted octanol–water partition coefficient (Wildman–Crippen LogP) is -0.128. The molecule has 0 atom stereocenters. The van der Waals surface area contributed by atoms with Crippen molar-refractivity contribution in [3.8, 4) is 0 Å². The molecule has 3 N–H and O–H groups in total. The maximum Gasteiger partial charge on any atom is 0.345 e. The fourth-order valence-corrected chi connectivity index (χ4v) is 2.40. The van der Waals surface area contributed by atoms with Crippen LogP contribution in [0.15, 0.2) is 21.7 Å². The Morgan fingerprint density at radius 3 is 2.52 bits per heavy atom. The maximum absolute atomic E-state index is 13.6. The van der Waals surface area contributed by atoms with E-state index in [1.807, 2.05) is 4.98 Å². The van der Waals surface area contributed by atoms with Gasteiger partial charge >= 0.3 is 24.4 Å². The van der Waals surface area contributed by atoms with Gasteiger partial charge < -0.3 is 14.8 Å². The van der Waals surface area contributed by atoms with Crippen LogP contribution in [0.1, 0.15) is 0 Å². The molecule has 0 fully saturated rings. The number of nitrogens with zero attached hydrogens (tertiary/aromatic N) is 2. The van der Waals surface area contributed by atoms with Crippen LogP contribution >= 0.6 is 7.60 Å². The Hall–Kier alpha value is -2.36. The smallest absolute Gasteiger partial charge is 0.323 e. The van der Waals surface area contributed by atoms with Crippen molar-refractivity contribution in [3.63, 3.8) is 0 Å². The molecule has 12 heteroatoms. The zero-order valence-electron chi connectivity index (χ0n) is 10.0. The van der Waals surface area contributed by atoms with Gasteiger partial charge in [-0.2, -0.15) is 4.39 Å². The van der Waals surface area contributed by atoms with Crippen molar-refractivity contribution >= 4 is 24.3 Å². The zero-order chi connectivity index (χ0) is 15.9. The molecular formula is C9H7FN3O7P. The molecule has 0 saturated heterocycles. The lowest BCUT2D eigenvalue weighted by Gasteiger charge is -2.10. The Balaban J connectivity index is 2.90. The number of benzene rings is 1. The number of nitrogens with one attached hydrogen (secondary N) is 1. The maximum atomic E-state index is 13.6. The summed E-state index contributed by atoms with van der Waals surface area (Å²) in [6.07, 6.45) is -1.15. The largest absolute Gasteiger partial charge is 0.345 e. The molecule has 0 aliphatic rings. The molecule has 0 aliphatic carbocycles. The molecule has 10 nitrogen and oxygen atoms in total. The van der Waals surface area contributed by atoms with Gasteiger partial charge in [-0.1, -0.05) is 0 Å². The molecule has 112 valence electrons. The van der Waals surface area contributed by atoms with Gasteiger partial charge in [-0.15, -0.1) is 0 Å². The van der Waals surface area contributed by atoms with Gasteiger partial charge in [0, 0.05) is 12.1 Å². The lowest BCUT2D eigenvalue weighted by molar-refractivity contribution is -0.387. The molecule has 0 bridgehead atoms. The number of halogens is 1. The Labute approximate surface area is 113 Å². The number of fused-ring (bicyclic) bond motifs is 1. The van der Waals surface area contributed by atoms with E-state index < -0.39 is 41.4 Å². The van der Waals surface area contributed by atoms with Crippen LogP contribution in [0.5, 0.6) is 0 Å². The van der Waals surface area contributed by atoms with Gasteiger partial charge in [0.15, 0.2) is 0 Å². The van der Waals surface area contributed by atoms with E-state index in [9.17, 15) is 28.7 Å². The summed E-state index contributed by atoms with van der Waals surface area (Å²) < 4.78 is 24.9. The van der Waals surface area contributed by atoms with Crippen molar-refractivity contribution in [3.05, 3.63) is 48.8 Å². The van der Waals surface area contributed by atoms with E-state index in [0.717, 1.165) is 0 Å². The summed E-state index contributed by atoms with van der Waals surface area (Å²) in [7, 11) is -4.73. The summed E-state index contributed by atoms with van der Waals surface area (Å²) in [4.78, 5) is 52.4. The van der Waals surface area contributed by atoms with Gasteiger partial charge in [0.2, 0.25) is 5.82 Å². The molecule has 2 rings (SSSR count). The van der Waals surface area contributed by atoms with Crippen LogP contribution in [0.25, 0.3) is 11.0 Å². The first-order valence-corrected chi connectivity index (χ1v) is 7.05. The molecule has 0 amide bonds. The topological polar surface area (TPSA) is 156 Å². The van der Waals surface area contributed by atoms with E-state index in [1.54, 1.807) is 0 Å². The lowest BCUT2D eigenvalue weighted by Crippen LogP contribution is -2.36. The van der Waals surface area contributed by atoms with Gasteiger partial charge in [-0.3, -0.25) is 28.8 Å². The van der Waals surface area contributed by atoms with E-state index in [2.05, 4.69) is 0 Å². The number of nitro groups is 1. The van der Waals surface area contributed by atoms with Crippen LogP contribution < -0.4 is 11.1 Å². The highest BCUT2D eigenvalue weighted by molar-refractivity contribution is 7.50. The minimum atomic E-state index is -4.73. The number of nitro benzene ring substituents is 1. The van der Waals surface area contributed by atoms with Gasteiger partial charge in [0.05, 0.1) is 16.0 Å². The van der Waals surface area contributed by atoms with Crippen molar-refractivity contribution in [2.75, 3.05) is 0 Å². The third kappa shape index (κ3) is 2.89. The quantitative estimate of drug-likeness (QED) is 0.308.